The van der Waals surface area contributed by atoms with Gasteiger partial charge in [0.25, 0.3) is 5.91 Å². The van der Waals surface area contributed by atoms with Crippen LogP contribution < -0.4 is 10.6 Å². The number of nitrogens with one attached hydrogen (secondary N) is 2. The van der Waals surface area contributed by atoms with Gasteiger partial charge in [0, 0.05) is 13.2 Å². The molecule has 2 aromatic heterocycles. The van der Waals surface area contributed by atoms with Crippen LogP contribution in [-0.4, -0.2) is 37.9 Å². The molecule has 3 aromatic rings. The summed E-state index contributed by atoms with van der Waals surface area (Å²) in [7, 11) is 1.69. The van der Waals surface area contributed by atoms with Gasteiger partial charge < -0.3 is 10.6 Å². The smallest absolute Gasteiger partial charge is 0.269 e. The summed E-state index contributed by atoms with van der Waals surface area (Å²) in [5.41, 5.74) is 4.09. The van der Waals surface area contributed by atoms with Crippen LogP contribution in [-0.2, 0) is 18.4 Å². The van der Waals surface area contributed by atoms with E-state index in [2.05, 4.69) is 20.8 Å². The van der Waals surface area contributed by atoms with Crippen molar-refractivity contribution in [2.24, 2.45) is 7.05 Å². The minimum Gasteiger partial charge on any atom is -0.342 e. The first-order valence-corrected chi connectivity index (χ1v) is 8.58. The third-order valence-corrected chi connectivity index (χ3v) is 4.15. The van der Waals surface area contributed by atoms with Gasteiger partial charge in [0.1, 0.15) is 5.69 Å². The van der Waals surface area contributed by atoms with Crippen LogP contribution in [0.2, 0.25) is 0 Å². The molecule has 0 saturated heterocycles. The molecule has 0 fully saturated rings. The third-order valence-electron chi connectivity index (χ3n) is 4.15. The molecular formula is C19H22N6O2. The van der Waals surface area contributed by atoms with E-state index in [0.717, 1.165) is 11.3 Å². The standard InChI is InChI=1S/C19H22N6O2/c1-13-6-4-5-7-15(13)11-25-12-16(9-21-25)22-18(26)10-20-19(27)17-8-14(2)23-24(17)3/h4-9,12H,10-11H2,1-3H3,(H,20,27)(H,22,26). The molecule has 0 atom stereocenters. The van der Waals surface area contributed by atoms with Crippen LogP contribution in [0.4, 0.5) is 5.69 Å². The largest absolute Gasteiger partial charge is 0.342 e. The van der Waals surface area contributed by atoms with Crippen LogP contribution >= 0.6 is 0 Å². The lowest BCUT2D eigenvalue weighted by atomic mass is 10.1. The van der Waals surface area contributed by atoms with Crippen LogP contribution in [0.5, 0.6) is 0 Å². The maximum atomic E-state index is 12.1. The molecule has 0 unspecified atom stereocenters. The number of aryl methyl sites for hydroxylation is 3. The van der Waals surface area contributed by atoms with Crippen molar-refractivity contribution in [3.05, 3.63) is 65.2 Å². The van der Waals surface area contributed by atoms with E-state index in [9.17, 15) is 9.59 Å². The second-order valence-electron chi connectivity index (χ2n) is 6.38. The highest BCUT2D eigenvalue weighted by Crippen LogP contribution is 2.11. The van der Waals surface area contributed by atoms with Crippen molar-refractivity contribution in [2.45, 2.75) is 20.4 Å². The fourth-order valence-corrected chi connectivity index (χ4v) is 2.76. The van der Waals surface area contributed by atoms with E-state index in [4.69, 9.17) is 0 Å². The van der Waals surface area contributed by atoms with Crippen LogP contribution in [0.25, 0.3) is 0 Å². The Bertz CT molecular complexity index is 972. The van der Waals surface area contributed by atoms with Crippen molar-refractivity contribution in [1.29, 1.82) is 0 Å². The van der Waals surface area contributed by atoms with Crippen molar-refractivity contribution in [3.63, 3.8) is 0 Å². The molecule has 0 aliphatic heterocycles. The van der Waals surface area contributed by atoms with Gasteiger partial charge in [0.15, 0.2) is 0 Å². The molecule has 8 heteroatoms. The van der Waals surface area contributed by atoms with E-state index in [-0.39, 0.29) is 18.4 Å². The monoisotopic (exact) mass is 366 g/mol. The highest BCUT2D eigenvalue weighted by molar-refractivity contribution is 5.98. The topological polar surface area (TPSA) is 93.8 Å². The fourth-order valence-electron chi connectivity index (χ4n) is 2.76. The van der Waals surface area contributed by atoms with E-state index >= 15 is 0 Å². The number of rotatable bonds is 6. The molecule has 1 aromatic carbocycles. The van der Waals surface area contributed by atoms with Gasteiger partial charge in [-0.15, -0.1) is 0 Å². The summed E-state index contributed by atoms with van der Waals surface area (Å²) in [6, 6.07) is 9.75. The van der Waals surface area contributed by atoms with E-state index in [0.29, 0.717) is 17.9 Å². The summed E-state index contributed by atoms with van der Waals surface area (Å²) < 4.78 is 3.24. The second kappa shape index (κ2) is 7.86. The Kier molecular flexibility index (Phi) is 5.35. The number of anilines is 1. The summed E-state index contributed by atoms with van der Waals surface area (Å²) in [5, 5.41) is 13.7. The molecule has 0 aliphatic carbocycles. The van der Waals surface area contributed by atoms with Gasteiger partial charge in [-0.25, -0.2) is 0 Å². The molecule has 27 heavy (non-hydrogen) atoms. The maximum absolute atomic E-state index is 12.1. The Labute approximate surface area is 157 Å². The molecule has 0 aliphatic rings. The van der Waals surface area contributed by atoms with E-state index < -0.39 is 0 Å². The molecule has 0 saturated carbocycles. The minimum absolute atomic E-state index is 0.133. The Morgan fingerprint density at radius 3 is 2.67 bits per heavy atom. The zero-order valence-electron chi connectivity index (χ0n) is 15.6. The molecule has 2 heterocycles. The van der Waals surface area contributed by atoms with Gasteiger partial charge >= 0.3 is 0 Å². The Hall–Kier alpha value is -3.42. The lowest BCUT2D eigenvalue weighted by Crippen LogP contribution is -2.33. The van der Waals surface area contributed by atoms with Crippen molar-refractivity contribution in [3.8, 4) is 0 Å². The predicted octanol–water partition coefficient (Wildman–Crippen LogP) is 1.65. The average molecular weight is 366 g/mol. The quantitative estimate of drug-likeness (QED) is 0.694. The molecule has 0 radical (unpaired) electrons. The van der Waals surface area contributed by atoms with E-state index in [1.165, 1.54) is 10.2 Å². The van der Waals surface area contributed by atoms with E-state index in [1.807, 2.05) is 31.2 Å². The van der Waals surface area contributed by atoms with Crippen LogP contribution in [0.3, 0.4) is 0 Å². The number of benzene rings is 1. The van der Waals surface area contributed by atoms with Crippen LogP contribution in [0.1, 0.15) is 27.3 Å². The number of carbonyl (C=O) groups excluding carboxylic acids is 2. The van der Waals surface area contributed by atoms with Crippen LogP contribution in [0, 0.1) is 13.8 Å². The van der Waals surface area contributed by atoms with Gasteiger partial charge in [-0.1, -0.05) is 24.3 Å². The van der Waals surface area contributed by atoms with Gasteiger partial charge in [-0.3, -0.25) is 19.0 Å². The molecule has 0 spiro atoms. The third kappa shape index (κ3) is 4.60. The Morgan fingerprint density at radius 1 is 1.19 bits per heavy atom. The second-order valence-corrected chi connectivity index (χ2v) is 6.38. The van der Waals surface area contributed by atoms with Crippen molar-refractivity contribution >= 4 is 17.5 Å². The zero-order valence-corrected chi connectivity index (χ0v) is 15.6. The summed E-state index contributed by atoms with van der Waals surface area (Å²) >= 11 is 0. The SMILES string of the molecule is Cc1cc(C(=O)NCC(=O)Nc2cnn(Cc3ccccc3C)c2)n(C)n1. The van der Waals surface area contributed by atoms with Gasteiger partial charge in [-0.2, -0.15) is 10.2 Å². The number of amides is 2. The summed E-state index contributed by atoms with van der Waals surface area (Å²) in [6.45, 7) is 4.34. The Morgan fingerprint density at radius 2 is 1.96 bits per heavy atom. The van der Waals surface area contributed by atoms with Crippen molar-refractivity contribution in [1.82, 2.24) is 24.9 Å². The summed E-state index contributed by atoms with van der Waals surface area (Å²) in [6.07, 6.45) is 3.35. The molecular weight excluding hydrogens is 344 g/mol. The predicted molar refractivity (Wildman–Crippen MR) is 101 cm³/mol. The lowest BCUT2D eigenvalue weighted by molar-refractivity contribution is -0.115. The normalized spacial score (nSPS) is 10.6. The lowest BCUT2D eigenvalue weighted by Gasteiger charge is -2.06. The number of carbonyl (C=O) groups is 2. The van der Waals surface area contributed by atoms with Gasteiger partial charge in [0.2, 0.25) is 5.91 Å². The molecule has 2 N–H and O–H groups in total. The van der Waals surface area contributed by atoms with Gasteiger partial charge in [-0.05, 0) is 31.0 Å². The van der Waals surface area contributed by atoms with Crippen molar-refractivity contribution in [2.75, 3.05) is 11.9 Å². The van der Waals surface area contributed by atoms with E-state index in [1.54, 1.807) is 37.1 Å². The van der Waals surface area contributed by atoms with Crippen LogP contribution in [0.15, 0.2) is 42.7 Å². The Balaban J connectivity index is 1.53. The number of aromatic nitrogens is 4. The summed E-state index contributed by atoms with van der Waals surface area (Å²) in [5.74, 6) is -0.666. The summed E-state index contributed by atoms with van der Waals surface area (Å²) in [4.78, 5) is 24.2. The fraction of sp³-hybridized carbons (Fsp3) is 0.263. The average Bonchev–Trinajstić information content (AvgIpc) is 3.20. The molecule has 3 rings (SSSR count). The van der Waals surface area contributed by atoms with Gasteiger partial charge in [0.05, 0.1) is 30.7 Å². The first-order chi connectivity index (χ1) is 12.9. The number of nitrogens with zero attached hydrogens (tertiary/aromatic N) is 4. The van der Waals surface area contributed by atoms with Crippen molar-refractivity contribution < 1.29 is 9.59 Å². The zero-order chi connectivity index (χ0) is 19.4. The first kappa shape index (κ1) is 18.4. The highest BCUT2D eigenvalue weighted by atomic mass is 16.2. The number of hydrogen-bond acceptors (Lipinski definition) is 4. The molecule has 0 bridgehead atoms. The molecule has 8 nitrogen and oxygen atoms in total. The minimum atomic E-state index is -0.344. The maximum Gasteiger partial charge on any atom is 0.269 e. The molecule has 140 valence electrons. The first-order valence-electron chi connectivity index (χ1n) is 8.58. The number of hydrogen-bond donors (Lipinski definition) is 2. The molecule has 2 amide bonds. The highest BCUT2D eigenvalue weighted by Gasteiger charge is 2.13.